The van der Waals surface area contributed by atoms with Gasteiger partial charge in [0, 0.05) is 31.5 Å². The standard InChI is InChI=1S/C24H22FN3O3/c25-18-8-6-17(7-9-18)13-27-24(31)21-15-28(19-10-11-19)14-20(22(21)29)23(30)26-12-16-4-2-1-3-5-16/h1-9,14-15,19H,10-13H2,(H,26,30)(H,27,31). The summed E-state index contributed by atoms with van der Waals surface area (Å²) in [5.41, 5.74) is 0.860. The number of nitrogens with zero attached hydrogens (tertiary/aromatic N) is 1. The third kappa shape index (κ3) is 5.06. The monoisotopic (exact) mass is 419 g/mol. The number of halogens is 1. The van der Waals surface area contributed by atoms with Crippen LogP contribution in [0.2, 0.25) is 0 Å². The van der Waals surface area contributed by atoms with Gasteiger partial charge >= 0.3 is 0 Å². The minimum atomic E-state index is -0.612. The Hall–Kier alpha value is -3.74. The highest BCUT2D eigenvalue weighted by Gasteiger charge is 2.27. The summed E-state index contributed by atoms with van der Waals surface area (Å²) in [4.78, 5) is 38.4. The van der Waals surface area contributed by atoms with E-state index in [1.165, 1.54) is 24.5 Å². The number of carbonyl (C=O) groups is 2. The molecule has 0 unspecified atom stereocenters. The molecule has 0 aliphatic heterocycles. The average molecular weight is 419 g/mol. The van der Waals surface area contributed by atoms with Crippen molar-refractivity contribution in [2.45, 2.75) is 32.0 Å². The molecule has 1 aliphatic carbocycles. The second-order valence-corrected chi connectivity index (χ2v) is 7.57. The number of rotatable bonds is 7. The number of carbonyl (C=O) groups excluding carboxylic acids is 2. The highest BCUT2D eigenvalue weighted by Crippen LogP contribution is 2.34. The third-order valence-electron chi connectivity index (χ3n) is 5.17. The van der Waals surface area contributed by atoms with E-state index in [0.29, 0.717) is 5.56 Å². The van der Waals surface area contributed by atoms with Crippen LogP contribution in [0.3, 0.4) is 0 Å². The van der Waals surface area contributed by atoms with E-state index < -0.39 is 17.2 Å². The second-order valence-electron chi connectivity index (χ2n) is 7.57. The first-order chi connectivity index (χ1) is 15.0. The van der Waals surface area contributed by atoms with E-state index in [-0.39, 0.29) is 36.1 Å². The minimum absolute atomic E-state index is 0.0581. The molecular weight excluding hydrogens is 397 g/mol. The van der Waals surface area contributed by atoms with Crippen LogP contribution in [-0.4, -0.2) is 16.4 Å². The lowest BCUT2D eigenvalue weighted by atomic mass is 10.1. The van der Waals surface area contributed by atoms with Crippen molar-refractivity contribution < 1.29 is 14.0 Å². The van der Waals surface area contributed by atoms with Gasteiger partial charge in [-0.1, -0.05) is 42.5 Å². The number of benzene rings is 2. The molecule has 2 amide bonds. The smallest absolute Gasteiger partial charge is 0.257 e. The van der Waals surface area contributed by atoms with Crippen molar-refractivity contribution in [3.63, 3.8) is 0 Å². The Bertz CT molecular complexity index is 1150. The molecule has 1 saturated carbocycles. The summed E-state index contributed by atoms with van der Waals surface area (Å²) in [5, 5.41) is 5.43. The minimum Gasteiger partial charge on any atom is -0.349 e. The molecule has 1 aromatic heterocycles. The molecule has 0 spiro atoms. The van der Waals surface area contributed by atoms with Gasteiger partial charge in [-0.2, -0.15) is 0 Å². The lowest BCUT2D eigenvalue weighted by Crippen LogP contribution is -2.35. The van der Waals surface area contributed by atoms with Crippen LogP contribution < -0.4 is 16.1 Å². The molecule has 1 fully saturated rings. The van der Waals surface area contributed by atoms with Gasteiger partial charge in [-0.05, 0) is 36.1 Å². The van der Waals surface area contributed by atoms with Crippen molar-refractivity contribution >= 4 is 11.8 Å². The van der Waals surface area contributed by atoms with Gasteiger partial charge in [0.25, 0.3) is 11.8 Å². The molecular formula is C24H22FN3O3. The maximum Gasteiger partial charge on any atom is 0.257 e. The fourth-order valence-electron chi connectivity index (χ4n) is 3.26. The number of aromatic nitrogens is 1. The van der Waals surface area contributed by atoms with Crippen LogP contribution in [-0.2, 0) is 13.1 Å². The maximum atomic E-state index is 13.1. The van der Waals surface area contributed by atoms with Crippen LogP contribution in [0.5, 0.6) is 0 Å². The Morgan fingerprint density at radius 1 is 0.839 bits per heavy atom. The van der Waals surface area contributed by atoms with Crippen LogP contribution in [0.15, 0.2) is 71.8 Å². The molecule has 1 aliphatic rings. The first-order valence-electron chi connectivity index (χ1n) is 10.1. The largest absolute Gasteiger partial charge is 0.349 e. The molecule has 31 heavy (non-hydrogen) atoms. The Morgan fingerprint density at radius 2 is 1.35 bits per heavy atom. The normalized spacial score (nSPS) is 12.9. The van der Waals surface area contributed by atoms with Crippen molar-refractivity contribution in [2.75, 3.05) is 0 Å². The number of hydrogen-bond acceptors (Lipinski definition) is 3. The van der Waals surface area contributed by atoms with Crippen molar-refractivity contribution in [1.29, 1.82) is 0 Å². The number of amides is 2. The lowest BCUT2D eigenvalue weighted by molar-refractivity contribution is 0.0947. The molecule has 3 aromatic rings. The van der Waals surface area contributed by atoms with Crippen molar-refractivity contribution in [3.8, 4) is 0 Å². The summed E-state index contributed by atoms with van der Waals surface area (Å²) in [5.74, 6) is -1.45. The molecule has 0 saturated heterocycles. The zero-order valence-corrected chi connectivity index (χ0v) is 16.8. The van der Waals surface area contributed by atoms with Crippen LogP contribution in [0.25, 0.3) is 0 Å². The van der Waals surface area contributed by atoms with Crippen LogP contribution in [0.4, 0.5) is 4.39 Å². The molecule has 2 aromatic carbocycles. The van der Waals surface area contributed by atoms with E-state index in [2.05, 4.69) is 10.6 Å². The van der Waals surface area contributed by atoms with Crippen molar-refractivity contribution in [3.05, 3.63) is 105 Å². The van der Waals surface area contributed by atoms with Gasteiger partial charge in [-0.3, -0.25) is 14.4 Å². The summed E-state index contributed by atoms with van der Waals surface area (Å²) in [6.45, 7) is 0.427. The summed E-state index contributed by atoms with van der Waals surface area (Å²) < 4.78 is 14.8. The van der Waals surface area contributed by atoms with Gasteiger partial charge in [-0.15, -0.1) is 0 Å². The molecule has 7 heteroatoms. The molecule has 2 N–H and O–H groups in total. The third-order valence-corrected chi connectivity index (χ3v) is 5.17. The Kier molecular flexibility index (Phi) is 5.93. The molecule has 1 heterocycles. The van der Waals surface area contributed by atoms with Gasteiger partial charge in [0.2, 0.25) is 5.43 Å². The van der Waals surface area contributed by atoms with Gasteiger partial charge in [0.05, 0.1) is 0 Å². The van der Waals surface area contributed by atoms with E-state index in [9.17, 15) is 18.8 Å². The zero-order valence-electron chi connectivity index (χ0n) is 16.8. The van der Waals surface area contributed by atoms with Crippen molar-refractivity contribution in [1.82, 2.24) is 15.2 Å². The van der Waals surface area contributed by atoms with Crippen LogP contribution >= 0.6 is 0 Å². The molecule has 4 rings (SSSR count). The number of nitrogens with one attached hydrogen (secondary N) is 2. The Labute approximate surface area is 178 Å². The summed E-state index contributed by atoms with van der Waals surface area (Å²) in [6, 6.07) is 15.3. The maximum absolute atomic E-state index is 13.1. The number of pyridine rings is 1. The quantitative estimate of drug-likeness (QED) is 0.617. The predicted octanol–water partition coefficient (Wildman–Crippen LogP) is 3.18. The second kappa shape index (κ2) is 8.95. The summed E-state index contributed by atoms with van der Waals surface area (Å²) >= 11 is 0. The molecule has 0 radical (unpaired) electrons. The van der Waals surface area contributed by atoms with Crippen LogP contribution in [0.1, 0.15) is 50.7 Å². The van der Waals surface area contributed by atoms with E-state index in [4.69, 9.17) is 0 Å². The van der Waals surface area contributed by atoms with E-state index in [1.54, 1.807) is 16.7 Å². The highest BCUT2D eigenvalue weighted by molar-refractivity contribution is 5.99. The Balaban J connectivity index is 1.53. The van der Waals surface area contributed by atoms with Gasteiger partial charge in [0.15, 0.2) is 0 Å². The van der Waals surface area contributed by atoms with E-state index >= 15 is 0 Å². The van der Waals surface area contributed by atoms with Crippen molar-refractivity contribution in [2.24, 2.45) is 0 Å². The fraction of sp³-hybridized carbons (Fsp3) is 0.208. The topological polar surface area (TPSA) is 80.2 Å². The lowest BCUT2D eigenvalue weighted by Gasteiger charge is -2.12. The highest BCUT2D eigenvalue weighted by atomic mass is 19.1. The Morgan fingerprint density at radius 3 is 1.87 bits per heavy atom. The SMILES string of the molecule is O=C(NCc1ccccc1)c1cn(C2CC2)cc(C(=O)NCc2ccc(F)cc2)c1=O. The molecule has 0 bridgehead atoms. The fourth-order valence-corrected chi connectivity index (χ4v) is 3.26. The first-order valence-corrected chi connectivity index (χ1v) is 10.1. The summed E-state index contributed by atoms with van der Waals surface area (Å²) in [7, 11) is 0. The number of hydrogen-bond donors (Lipinski definition) is 2. The van der Waals surface area contributed by atoms with Gasteiger partial charge in [0.1, 0.15) is 16.9 Å². The molecule has 0 atom stereocenters. The first kappa shape index (κ1) is 20.5. The van der Waals surface area contributed by atoms with Gasteiger partial charge in [-0.25, -0.2) is 4.39 Å². The van der Waals surface area contributed by atoms with E-state index in [1.807, 2.05) is 30.3 Å². The van der Waals surface area contributed by atoms with E-state index in [0.717, 1.165) is 18.4 Å². The van der Waals surface area contributed by atoms with Crippen LogP contribution in [0, 0.1) is 5.82 Å². The zero-order chi connectivity index (χ0) is 21.8. The average Bonchev–Trinajstić information content (AvgIpc) is 3.63. The van der Waals surface area contributed by atoms with Gasteiger partial charge < -0.3 is 15.2 Å². The predicted molar refractivity (Wildman–Crippen MR) is 114 cm³/mol. The molecule has 6 nitrogen and oxygen atoms in total. The summed E-state index contributed by atoms with van der Waals surface area (Å²) in [6.07, 6.45) is 4.90. The molecule has 158 valence electrons.